The summed E-state index contributed by atoms with van der Waals surface area (Å²) < 4.78 is 37.9. The zero-order chi connectivity index (χ0) is 19.9. The summed E-state index contributed by atoms with van der Waals surface area (Å²) in [5, 5.41) is 2.63. The fraction of sp³-hybridized carbons (Fsp3) is 0.579. The Morgan fingerprint density at radius 1 is 1.07 bits per heavy atom. The van der Waals surface area contributed by atoms with Crippen LogP contribution in [0.3, 0.4) is 0 Å². The van der Waals surface area contributed by atoms with Crippen LogP contribution in [-0.4, -0.2) is 54.3 Å². The zero-order valence-electron chi connectivity index (χ0n) is 15.5. The zero-order valence-corrected chi connectivity index (χ0v) is 15.5. The molecule has 1 N–H and O–H groups in total. The molecule has 1 aliphatic heterocycles. The van der Waals surface area contributed by atoms with E-state index >= 15 is 0 Å². The Morgan fingerprint density at radius 3 is 2.41 bits per heavy atom. The summed E-state index contributed by atoms with van der Waals surface area (Å²) in [5.74, 6) is -0.222. The topological polar surface area (TPSA) is 52.7 Å². The van der Waals surface area contributed by atoms with Gasteiger partial charge in [0.1, 0.15) is 0 Å². The Morgan fingerprint density at radius 2 is 1.78 bits per heavy atom. The van der Waals surface area contributed by atoms with Crippen molar-refractivity contribution in [3.8, 4) is 0 Å². The number of alkyl halides is 3. The molecule has 1 aliphatic rings. The summed E-state index contributed by atoms with van der Waals surface area (Å²) in [7, 11) is 0. The summed E-state index contributed by atoms with van der Waals surface area (Å²) in [5.41, 5.74) is 0.165. The van der Waals surface area contributed by atoms with Crippen LogP contribution in [0.25, 0.3) is 0 Å². The Labute approximate surface area is 157 Å². The van der Waals surface area contributed by atoms with Crippen molar-refractivity contribution in [1.29, 1.82) is 0 Å². The van der Waals surface area contributed by atoms with Gasteiger partial charge in [0.2, 0.25) is 11.8 Å². The predicted molar refractivity (Wildman–Crippen MR) is 95.8 cm³/mol. The molecule has 150 valence electrons. The number of benzene rings is 1. The van der Waals surface area contributed by atoms with Crippen LogP contribution in [-0.2, 0) is 22.3 Å². The normalized spacial score (nSPS) is 16.1. The molecule has 0 spiro atoms. The van der Waals surface area contributed by atoms with Crippen LogP contribution in [0.15, 0.2) is 24.3 Å². The first-order chi connectivity index (χ1) is 12.8. The van der Waals surface area contributed by atoms with Crippen LogP contribution in [0.2, 0.25) is 0 Å². The van der Waals surface area contributed by atoms with E-state index in [1.165, 1.54) is 12.1 Å². The molecule has 27 heavy (non-hydrogen) atoms. The lowest BCUT2D eigenvalue weighted by Gasteiger charge is -2.22. The van der Waals surface area contributed by atoms with Gasteiger partial charge < -0.3 is 10.2 Å². The van der Waals surface area contributed by atoms with Gasteiger partial charge in [-0.1, -0.05) is 19.1 Å². The number of hydrogen-bond donors (Lipinski definition) is 1. The molecule has 0 aromatic heterocycles. The van der Waals surface area contributed by atoms with Crippen LogP contribution in [0, 0.1) is 0 Å². The minimum atomic E-state index is -4.32. The smallest absolute Gasteiger partial charge is 0.347 e. The molecule has 1 heterocycles. The van der Waals surface area contributed by atoms with Crippen molar-refractivity contribution in [2.75, 3.05) is 32.7 Å². The molecular weight excluding hydrogens is 359 g/mol. The molecule has 5 nitrogen and oxygen atoms in total. The minimum Gasteiger partial charge on any atom is -0.347 e. The van der Waals surface area contributed by atoms with E-state index in [4.69, 9.17) is 0 Å². The second-order valence-corrected chi connectivity index (χ2v) is 6.73. The molecule has 1 saturated heterocycles. The van der Waals surface area contributed by atoms with E-state index < -0.39 is 11.7 Å². The number of halogens is 3. The first kappa shape index (κ1) is 21.2. The number of nitrogens with zero attached hydrogens (tertiary/aromatic N) is 2. The number of carbonyl (C=O) groups excluding carboxylic acids is 2. The Kier molecular flexibility index (Phi) is 7.65. The van der Waals surface area contributed by atoms with Gasteiger partial charge in [0, 0.05) is 39.1 Å². The maximum absolute atomic E-state index is 12.6. The molecule has 0 unspecified atom stereocenters. The van der Waals surface area contributed by atoms with Gasteiger partial charge in [-0.25, -0.2) is 0 Å². The van der Waals surface area contributed by atoms with E-state index in [0.29, 0.717) is 32.6 Å². The number of amides is 2. The van der Waals surface area contributed by atoms with Gasteiger partial charge in [-0.2, -0.15) is 13.2 Å². The second-order valence-electron chi connectivity index (χ2n) is 6.73. The van der Waals surface area contributed by atoms with Crippen LogP contribution < -0.4 is 5.32 Å². The molecule has 0 aliphatic carbocycles. The first-order valence-electron chi connectivity index (χ1n) is 9.22. The third-order valence-corrected chi connectivity index (χ3v) is 4.54. The van der Waals surface area contributed by atoms with E-state index in [2.05, 4.69) is 10.2 Å². The monoisotopic (exact) mass is 385 g/mol. The standard InChI is InChI=1S/C19H26F3N3O2/c1-2-4-17(26)23-13-18(27)25-10-3-9-24(11-12-25)14-15-5-7-16(8-6-15)19(20,21)22/h5-8H,2-4,9-14H2,1H3,(H,23,26). The predicted octanol–water partition coefficient (Wildman–Crippen LogP) is 2.66. The van der Waals surface area contributed by atoms with Crippen LogP contribution >= 0.6 is 0 Å². The lowest BCUT2D eigenvalue weighted by molar-refractivity contribution is -0.137. The average Bonchev–Trinajstić information content (AvgIpc) is 2.85. The van der Waals surface area contributed by atoms with Crippen molar-refractivity contribution < 1.29 is 22.8 Å². The van der Waals surface area contributed by atoms with E-state index in [-0.39, 0.29) is 18.4 Å². The summed E-state index contributed by atoms with van der Waals surface area (Å²) >= 11 is 0. The quantitative estimate of drug-likeness (QED) is 0.819. The third-order valence-electron chi connectivity index (χ3n) is 4.54. The number of rotatable bonds is 6. The van der Waals surface area contributed by atoms with E-state index in [0.717, 1.165) is 37.1 Å². The molecule has 8 heteroatoms. The average molecular weight is 385 g/mol. The molecule has 0 atom stereocenters. The minimum absolute atomic E-state index is 0.0116. The number of carbonyl (C=O) groups is 2. The Hall–Kier alpha value is -2.09. The third kappa shape index (κ3) is 6.86. The van der Waals surface area contributed by atoms with E-state index in [1.807, 2.05) is 6.92 Å². The highest BCUT2D eigenvalue weighted by atomic mass is 19.4. The van der Waals surface area contributed by atoms with Crippen LogP contribution in [0.5, 0.6) is 0 Å². The van der Waals surface area contributed by atoms with Crippen molar-refractivity contribution in [2.24, 2.45) is 0 Å². The highest BCUT2D eigenvalue weighted by Crippen LogP contribution is 2.29. The lowest BCUT2D eigenvalue weighted by atomic mass is 10.1. The SMILES string of the molecule is CCCC(=O)NCC(=O)N1CCCN(Cc2ccc(C(F)(F)F)cc2)CC1. The molecule has 1 fully saturated rings. The molecular formula is C19H26F3N3O2. The maximum Gasteiger partial charge on any atom is 0.416 e. The molecule has 2 rings (SSSR count). The van der Waals surface area contributed by atoms with Gasteiger partial charge in [0.05, 0.1) is 12.1 Å². The molecule has 0 bridgehead atoms. The number of nitrogens with one attached hydrogen (secondary N) is 1. The van der Waals surface area contributed by atoms with Crippen molar-refractivity contribution in [2.45, 2.75) is 38.9 Å². The van der Waals surface area contributed by atoms with Crippen LogP contribution in [0.1, 0.15) is 37.3 Å². The second kappa shape index (κ2) is 9.73. The van der Waals surface area contributed by atoms with Crippen molar-refractivity contribution in [1.82, 2.24) is 15.1 Å². The van der Waals surface area contributed by atoms with E-state index in [1.54, 1.807) is 4.90 Å². The van der Waals surface area contributed by atoms with Gasteiger partial charge >= 0.3 is 6.18 Å². The fourth-order valence-corrected chi connectivity index (χ4v) is 3.04. The molecule has 2 amide bonds. The van der Waals surface area contributed by atoms with Crippen molar-refractivity contribution in [3.05, 3.63) is 35.4 Å². The van der Waals surface area contributed by atoms with Crippen LogP contribution in [0.4, 0.5) is 13.2 Å². The Balaban J connectivity index is 1.82. The van der Waals surface area contributed by atoms with Gasteiger partial charge in [-0.3, -0.25) is 14.5 Å². The summed E-state index contributed by atoms with van der Waals surface area (Å²) in [4.78, 5) is 27.6. The molecule has 0 radical (unpaired) electrons. The van der Waals surface area contributed by atoms with Crippen molar-refractivity contribution >= 4 is 11.8 Å². The molecule has 1 aromatic rings. The lowest BCUT2D eigenvalue weighted by Crippen LogP contribution is -2.41. The van der Waals surface area contributed by atoms with Gasteiger partial charge in [-0.15, -0.1) is 0 Å². The largest absolute Gasteiger partial charge is 0.416 e. The molecule has 0 saturated carbocycles. The highest BCUT2D eigenvalue weighted by molar-refractivity contribution is 5.84. The van der Waals surface area contributed by atoms with Gasteiger partial charge in [0.15, 0.2) is 0 Å². The summed E-state index contributed by atoms with van der Waals surface area (Å²) in [6.45, 7) is 5.05. The van der Waals surface area contributed by atoms with E-state index in [9.17, 15) is 22.8 Å². The van der Waals surface area contributed by atoms with Gasteiger partial charge in [-0.05, 0) is 30.5 Å². The fourth-order valence-electron chi connectivity index (χ4n) is 3.04. The summed E-state index contributed by atoms with van der Waals surface area (Å²) in [6.07, 6.45) is -2.39. The van der Waals surface area contributed by atoms with Crippen molar-refractivity contribution in [3.63, 3.8) is 0 Å². The maximum atomic E-state index is 12.6. The number of hydrogen-bond acceptors (Lipinski definition) is 3. The highest BCUT2D eigenvalue weighted by Gasteiger charge is 2.30. The molecule has 1 aromatic carbocycles. The van der Waals surface area contributed by atoms with Gasteiger partial charge in [0.25, 0.3) is 0 Å². The summed E-state index contributed by atoms with van der Waals surface area (Å²) in [6, 6.07) is 5.20. The first-order valence-corrected chi connectivity index (χ1v) is 9.22. The Bertz CT molecular complexity index is 632.